The smallest absolute Gasteiger partial charge is 0.335 e. The Balaban J connectivity index is 2.98. The van der Waals surface area contributed by atoms with Gasteiger partial charge in [0.05, 0.1) is 7.11 Å². The summed E-state index contributed by atoms with van der Waals surface area (Å²) in [6.45, 7) is 4.20. The number of nitrogens with zero attached hydrogens (tertiary/aromatic N) is 2. The maximum absolute atomic E-state index is 13.2. The number of carbonyl (C=O) groups excluding carboxylic acids is 2. The largest absolute Gasteiger partial charge is 0.467 e. The minimum atomic E-state index is -1.71. The van der Waals surface area contributed by atoms with Crippen LogP contribution in [-0.2, 0) is 14.3 Å². The zero-order valence-electron chi connectivity index (χ0n) is 15.7. The zero-order chi connectivity index (χ0) is 19.0. The molecule has 8 nitrogen and oxygen atoms in total. The van der Waals surface area contributed by atoms with Gasteiger partial charge in [0.15, 0.2) is 11.5 Å². The molecule has 0 aliphatic heterocycles. The first-order valence-electron chi connectivity index (χ1n) is 8.99. The van der Waals surface area contributed by atoms with E-state index in [2.05, 4.69) is 4.99 Å². The number of esters is 1. The summed E-state index contributed by atoms with van der Waals surface area (Å²) in [6.07, 6.45) is 5.77. The molecule has 25 heavy (non-hydrogen) atoms. The monoisotopic (exact) mass is 355 g/mol. The number of carbonyl (C=O) groups is 2. The molecule has 0 unspecified atom stereocenters. The van der Waals surface area contributed by atoms with Gasteiger partial charge in [-0.1, -0.05) is 19.3 Å². The second kappa shape index (κ2) is 9.60. The van der Waals surface area contributed by atoms with Gasteiger partial charge in [0.25, 0.3) is 5.91 Å². The van der Waals surface area contributed by atoms with Gasteiger partial charge >= 0.3 is 5.97 Å². The topological polar surface area (TPSA) is 137 Å². The van der Waals surface area contributed by atoms with Gasteiger partial charge in [-0.25, -0.2) is 4.79 Å². The van der Waals surface area contributed by atoms with Gasteiger partial charge in [-0.2, -0.15) is 0 Å². The highest BCUT2D eigenvalue weighted by Crippen LogP contribution is 2.27. The molecule has 8 heteroatoms. The van der Waals surface area contributed by atoms with E-state index < -0.39 is 11.5 Å². The second-order valence-corrected chi connectivity index (χ2v) is 6.97. The van der Waals surface area contributed by atoms with Gasteiger partial charge in [0.2, 0.25) is 0 Å². The zero-order valence-corrected chi connectivity index (χ0v) is 15.7. The lowest BCUT2D eigenvalue weighted by molar-refractivity contribution is -0.158. The first kappa shape index (κ1) is 21.2. The molecule has 1 atom stereocenters. The number of nitrogens with two attached hydrogens (primary N) is 3. The molecule has 1 saturated carbocycles. The Hall–Kier alpha value is -1.83. The van der Waals surface area contributed by atoms with Crippen LogP contribution in [0.1, 0.15) is 58.8 Å². The first-order chi connectivity index (χ1) is 11.7. The maximum Gasteiger partial charge on any atom is 0.335 e. The number of aliphatic imine (C=N–C) groups is 1. The summed E-state index contributed by atoms with van der Waals surface area (Å²) < 4.78 is 4.84. The Morgan fingerprint density at radius 3 is 2.32 bits per heavy atom. The predicted octanol–water partition coefficient (Wildman–Crippen LogP) is 0.480. The van der Waals surface area contributed by atoms with Gasteiger partial charge in [0, 0.05) is 18.6 Å². The van der Waals surface area contributed by atoms with Crippen LogP contribution in [0, 0.1) is 0 Å². The van der Waals surface area contributed by atoms with Crippen molar-refractivity contribution in [2.45, 2.75) is 76.4 Å². The van der Waals surface area contributed by atoms with Gasteiger partial charge in [-0.15, -0.1) is 0 Å². The molecule has 0 bridgehead atoms. The first-order valence-corrected chi connectivity index (χ1v) is 8.99. The predicted molar refractivity (Wildman–Crippen MR) is 97.7 cm³/mol. The Morgan fingerprint density at radius 1 is 1.24 bits per heavy atom. The Kier molecular flexibility index (Phi) is 8.15. The Labute approximate surface area is 150 Å². The molecule has 1 aliphatic rings. The van der Waals surface area contributed by atoms with E-state index >= 15 is 0 Å². The van der Waals surface area contributed by atoms with Crippen LogP contribution >= 0.6 is 0 Å². The minimum Gasteiger partial charge on any atom is -0.467 e. The van der Waals surface area contributed by atoms with E-state index in [1.54, 1.807) is 4.90 Å². The van der Waals surface area contributed by atoms with Crippen LogP contribution in [0.2, 0.25) is 0 Å². The molecule has 0 aromatic rings. The van der Waals surface area contributed by atoms with Crippen molar-refractivity contribution in [3.8, 4) is 0 Å². The summed E-state index contributed by atoms with van der Waals surface area (Å²) in [4.78, 5) is 31.2. The summed E-state index contributed by atoms with van der Waals surface area (Å²) >= 11 is 0. The van der Waals surface area contributed by atoms with E-state index in [1.165, 1.54) is 13.5 Å². The van der Waals surface area contributed by atoms with Crippen molar-refractivity contribution >= 4 is 17.8 Å². The van der Waals surface area contributed by atoms with Crippen LogP contribution < -0.4 is 17.2 Å². The fraction of sp³-hybridized carbons (Fsp3) is 0.824. The molecule has 0 heterocycles. The summed E-state index contributed by atoms with van der Waals surface area (Å²) in [5.41, 5.74) is 15.2. The molecule has 0 saturated heterocycles. The molecule has 0 aromatic heterocycles. The molecule has 6 N–H and O–H groups in total. The number of methoxy groups -OCH3 is 1. The van der Waals surface area contributed by atoms with Crippen molar-refractivity contribution in [1.29, 1.82) is 0 Å². The van der Waals surface area contributed by atoms with E-state index in [0.29, 0.717) is 13.0 Å². The van der Waals surface area contributed by atoms with Crippen molar-refractivity contribution < 1.29 is 14.3 Å². The quantitative estimate of drug-likeness (QED) is 0.190. The normalized spacial score (nSPS) is 17.6. The molecule has 144 valence electrons. The van der Waals surface area contributed by atoms with Gasteiger partial charge < -0.3 is 26.8 Å². The van der Waals surface area contributed by atoms with Crippen molar-refractivity contribution in [1.82, 2.24) is 4.90 Å². The molecule has 1 rings (SSSR count). The lowest BCUT2D eigenvalue weighted by Crippen LogP contribution is -2.64. The third-order valence-electron chi connectivity index (χ3n) is 4.71. The van der Waals surface area contributed by atoms with Crippen LogP contribution in [0.25, 0.3) is 0 Å². The van der Waals surface area contributed by atoms with Crippen molar-refractivity contribution in [2.24, 2.45) is 22.2 Å². The SMILES string of the molecule is COC(=O)[C@@](N)(CCCN=C(N)N)C(=O)N(C(C)C)C1CCCCC1. The number of hydrogen-bond donors (Lipinski definition) is 3. The number of rotatable bonds is 8. The standard InChI is InChI=1S/C17H33N5O3/c1-12(2)22(13-8-5-4-6-9-13)14(23)17(20,15(24)25-3)10-7-11-21-16(18)19/h12-13H,4-11,20H2,1-3H3,(H4,18,19,21)/t17-/m1/s1. The summed E-state index contributed by atoms with van der Waals surface area (Å²) in [6, 6.07) is 0.0763. The molecule has 0 spiro atoms. The van der Waals surface area contributed by atoms with Crippen molar-refractivity contribution in [3.05, 3.63) is 0 Å². The van der Waals surface area contributed by atoms with Crippen molar-refractivity contribution in [2.75, 3.05) is 13.7 Å². The van der Waals surface area contributed by atoms with Crippen LogP contribution in [0.4, 0.5) is 0 Å². The van der Waals surface area contributed by atoms with Gasteiger partial charge in [-0.05, 0) is 39.5 Å². The highest BCUT2D eigenvalue weighted by Gasteiger charge is 2.47. The summed E-state index contributed by atoms with van der Waals surface area (Å²) in [7, 11) is 1.24. The molecule has 0 radical (unpaired) electrons. The van der Waals surface area contributed by atoms with E-state index in [9.17, 15) is 9.59 Å². The fourth-order valence-electron chi connectivity index (χ4n) is 3.46. The Morgan fingerprint density at radius 2 is 1.84 bits per heavy atom. The number of hydrogen-bond acceptors (Lipinski definition) is 5. The van der Waals surface area contributed by atoms with Crippen LogP contribution in [0.3, 0.4) is 0 Å². The van der Waals surface area contributed by atoms with E-state index in [4.69, 9.17) is 21.9 Å². The highest BCUT2D eigenvalue weighted by molar-refractivity contribution is 6.07. The third-order valence-corrected chi connectivity index (χ3v) is 4.71. The second-order valence-electron chi connectivity index (χ2n) is 6.97. The molecule has 1 aliphatic carbocycles. The molecule has 1 amide bonds. The highest BCUT2D eigenvalue weighted by atomic mass is 16.5. The Bertz CT molecular complexity index is 485. The summed E-state index contributed by atoms with van der Waals surface area (Å²) in [5.74, 6) is -1.12. The number of ether oxygens (including phenoxy) is 1. The van der Waals surface area contributed by atoms with Crippen LogP contribution in [0.5, 0.6) is 0 Å². The average Bonchev–Trinajstić information content (AvgIpc) is 2.58. The molecular formula is C17H33N5O3. The lowest BCUT2D eigenvalue weighted by atomic mass is 9.88. The lowest BCUT2D eigenvalue weighted by Gasteiger charge is -2.41. The molecule has 1 fully saturated rings. The van der Waals surface area contributed by atoms with Gasteiger partial charge in [-0.3, -0.25) is 9.79 Å². The fourth-order valence-corrected chi connectivity index (χ4v) is 3.46. The van der Waals surface area contributed by atoms with E-state index in [1.807, 2.05) is 13.8 Å². The maximum atomic E-state index is 13.2. The molecule has 0 aromatic carbocycles. The van der Waals surface area contributed by atoms with Gasteiger partial charge in [0.1, 0.15) is 0 Å². The van der Waals surface area contributed by atoms with E-state index in [-0.39, 0.29) is 30.4 Å². The summed E-state index contributed by atoms with van der Waals surface area (Å²) in [5, 5.41) is 0. The average molecular weight is 355 g/mol. The van der Waals surface area contributed by atoms with E-state index in [0.717, 1.165) is 25.7 Å². The van der Waals surface area contributed by atoms with Crippen LogP contribution in [-0.4, -0.2) is 54.0 Å². The third kappa shape index (κ3) is 5.59. The van der Waals surface area contributed by atoms with Crippen LogP contribution in [0.15, 0.2) is 4.99 Å². The molecular weight excluding hydrogens is 322 g/mol. The van der Waals surface area contributed by atoms with Crippen molar-refractivity contribution in [3.63, 3.8) is 0 Å². The number of guanidine groups is 1. The number of amides is 1. The minimum absolute atomic E-state index is 0.0296.